The molecule has 0 N–H and O–H groups in total. The number of carbonyl (C=O) groups is 1. The van der Waals surface area contributed by atoms with Gasteiger partial charge in [0.15, 0.2) is 5.78 Å². The second-order valence-electron chi connectivity index (χ2n) is 4.49. The van der Waals surface area contributed by atoms with Crippen LogP contribution in [0, 0.1) is 5.82 Å². The number of thiazole rings is 1. The molecule has 0 aliphatic rings. The van der Waals surface area contributed by atoms with Crippen molar-refractivity contribution in [1.29, 1.82) is 0 Å². The van der Waals surface area contributed by atoms with Gasteiger partial charge in [0.05, 0.1) is 12.6 Å². The maximum absolute atomic E-state index is 13.7. The van der Waals surface area contributed by atoms with Crippen molar-refractivity contribution in [2.45, 2.75) is 6.42 Å². The van der Waals surface area contributed by atoms with Crippen molar-refractivity contribution in [3.63, 3.8) is 0 Å². The van der Waals surface area contributed by atoms with Crippen LogP contribution in [0.1, 0.15) is 15.4 Å². The van der Waals surface area contributed by atoms with E-state index in [-0.39, 0.29) is 23.5 Å². The molecule has 2 aromatic heterocycles. The molecule has 0 aliphatic carbocycles. The summed E-state index contributed by atoms with van der Waals surface area (Å²) in [5, 5.41) is 2.49. The fraction of sp³-hybridized carbons (Fsp3) is 0.0625. The third-order valence-corrected chi connectivity index (χ3v) is 3.64. The van der Waals surface area contributed by atoms with Crippen LogP contribution in [0.4, 0.5) is 4.39 Å². The summed E-state index contributed by atoms with van der Waals surface area (Å²) in [5.41, 5.74) is 0.258. The predicted octanol–water partition coefficient (Wildman–Crippen LogP) is 3.89. The Kier molecular flexibility index (Phi) is 4.20. The molecule has 110 valence electrons. The molecule has 6 heteroatoms. The molecule has 0 radical (unpaired) electrons. The molecule has 0 amide bonds. The molecule has 0 aliphatic heterocycles. The van der Waals surface area contributed by atoms with Gasteiger partial charge in [0.2, 0.25) is 0 Å². The number of hydrogen-bond acceptors (Lipinski definition) is 5. The first-order chi connectivity index (χ1) is 10.7. The van der Waals surface area contributed by atoms with Crippen LogP contribution >= 0.6 is 11.3 Å². The van der Waals surface area contributed by atoms with Gasteiger partial charge in [-0.25, -0.2) is 9.37 Å². The molecule has 1 aromatic carbocycles. The minimum Gasteiger partial charge on any atom is -0.456 e. The highest BCUT2D eigenvalue weighted by atomic mass is 32.1. The van der Waals surface area contributed by atoms with Gasteiger partial charge in [0.25, 0.3) is 0 Å². The largest absolute Gasteiger partial charge is 0.456 e. The molecular weight excluding hydrogens is 303 g/mol. The van der Waals surface area contributed by atoms with E-state index in [1.807, 2.05) is 0 Å². The molecule has 2 heterocycles. The molecule has 0 unspecified atom stereocenters. The van der Waals surface area contributed by atoms with Crippen molar-refractivity contribution in [2.24, 2.45) is 0 Å². The Morgan fingerprint density at radius 3 is 2.86 bits per heavy atom. The Balaban J connectivity index is 1.81. The Bertz CT molecular complexity index is 776. The summed E-state index contributed by atoms with van der Waals surface area (Å²) in [5.74, 6) is 0.0104. The Hall–Kier alpha value is -2.60. The van der Waals surface area contributed by atoms with Gasteiger partial charge in [0, 0.05) is 29.4 Å². The molecule has 0 saturated carbocycles. The lowest BCUT2D eigenvalue weighted by Gasteiger charge is -2.07. The average Bonchev–Trinajstić information content (AvgIpc) is 3.00. The number of ether oxygens (including phenoxy) is 1. The second-order valence-corrected chi connectivity index (χ2v) is 5.47. The first-order valence-electron chi connectivity index (χ1n) is 6.51. The number of Topliss-reactive ketones (excluding diaryl/α,β-unsaturated/α-hetero) is 1. The van der Waals surface area contributed by atoms with Gasteiger partial charge in [-0.2, -0.15) is 0 Å². The molecule has 3 aromatic rings. The molecule has 0 spiro atoms. The van der Waals surface area contributed by atoms with E-state index in [2.05, 4.69) is 9.97 Å². The van der Waals surface area contributed by atoms with Crippen molar-refractivity contribution in [3.8, 4) is 11.5 Å². The molecule has 3 rings (SSSR count). The van der Waals surface area contributed by atoms with Crippen LogP contribution < -0.4 is 4.74 Å². The zero-order chi connectivity index (χ0) is 15.4. The number of carbonyl (C=O) groups excluding carboxylic acids is 1. The van der Waals surface area contributed by atoms with E-state index in [1.54, 1.807) is 29.9 Å². The van der Waals surface area contributed by atoms with Gasteiger partial charge < -0.3 is 4.74 Å². The van der Waals surface area contributed by atoms with Gasteiger partial charge in [-0.3, -0.25) is 9.78 Å². The van der Waals surface area contributed by atoms with Crippen LogP contribution in [0.5, 0.6) is 11.5 Å². The standard InChI is InChI=1S/C16H11FN2O2S/c17-12-6-11(15(20)9-16-19-4-5-22-16)7-14(8-12)21-13-2-1-3-18-10-13/h1-8,10H,9H2. The lowest BCUT2D eigenvalue weighted by atomic mass is 10.1. The van der Waals surface area contributed by atoms with Crippen molar-refractivity contribution in [1.82, 2.24) is 9.97 Å². The zero-order valence-electron chi connectivity index (χ0n) is 11.4. The smallest absolute Gasteiger partial charge is 0.169 e. The van der Waals surface area contributed by atoms with E-state index < -0.39 is 5.82 Å². The van der Waals surface area contributed by atoms with Crippen molar-refractivity contribution in [3.05, 3.63) is 70.7 Å². The third-order valence-electron chi connectivity index (χ3n) is 2.86. The van der Waals surface area contributed by atoms with Crippen LogP contribution in [0.2, 0.25) is 0 Å². The van der Waals surface area contributed by atoms with E-state index in [0.717, 1.165) is 0 Å². The fourth-order valence-electron chi connectivity index (χ4n) is 1.91. The summed E-state index contributed by atoms with van der Waals surface area (Å²) < 4.78 is 19.2. The quantitative estimate of drug-likeness (QED) is 0.670. The van der Waals surface area contributed by atoms with Gasteiger partial charge in [0.1, 0.15) is 22.3 Å². The minimum absolute atomic E-state index is 0.146. The Labute approximate surface area is 130 Å². The molecule has 0 fully saturated rings. The zero-order valence-corrected chi connectivity index (χ0v) is 12.2. The maximum atomic E-state index is 13.7. The maximum Gasteiger partial charge on any atom is 0.169 e. The van der Waals surface area contributed by atoms with Crippen LogP contribution in [0.15, 0.2) is 54.3 Å². The lowest BCUT2D eigenvalue weighted by molar-refractivity contribution is 0.0992. The Morgan fingerprint density at radius 2 is 2.14 bits per heavy atom. The molecular formula is C16H11FN2O2S. The second kappa shape index (κ2) is 6.44. The van der Waals surface area contributed by atoms with E-state index in [1.165, 1.54) is 35.7 Å². The minimum atomic E-state index is -0.524. The highest BCUT2D eigenvalue weighted by Gasteiger charge is 2.12. The number of nitrogens with zero attached hydrogens (tertiary/aromatic N) is 2. The number of ketones is 1. The highest BCUT2D eigenvalue weighted by Crippen LogP contribution is 2.23. The number of aromatic nitrogens is 2. The number of rotatable bonds is 5. The van der Waals surface area contributed by atoms with Crippen molar-refractivity contribution in [2.75, 3.05) is 0 Å². The summed E-state index contributed by atoms with van der Waals surface area (Å²) in [7, 11) is 0. The van der Waals surface area contributed by atoms with E-state index >= 15 is 0 Å². The summed E-state index contributed by atoms with van der Waals surface area (Å²) in [6.07, 6.45) is 4.91. The predicted molar refractivity (Wildman–Crippen MR) is 80.9 cm³/mol. The molecule has 4 nitrogen and oxygen atoms in total. The summed E-state index contributed by atoms with van der Waals surface area (Å²) in [6.45, 7) is 0. The van der Waals surface area contributed by atoms with Crippen LogP contribution in [-0.4, -0.2) is 15.8 Å². The van der Waals surface area contributed by atoms with Crippen LogP contribution in [0.25, 0.3) is 0 Å². The van der Waals surface area contributed by atoms with E-state index in [0.29, 0.717) is 10.8 Å². The fourth-order valence-corrected chi connectivity index (χ4v) is 2.52. The van der Waals surface area contributed by atoms with E-state index in [9.17, 15) is 9.18 Å². The average molecular weight is 314 g/mol. The van der Waals surface area contributed by atoms with Crippen LogP contribution in [0.3, 0.4) is 0 Å². The lowest BCUT2D eigenvalue weighted by Crippen LogP contribution is -2.04. The van der Waals surface area contributed by atoms with Crippen molar-refractivity contribution >= 4 is 17.1 Å². The van der Waals surface area contributed by atoms with Crippen LogP contribution in [-0.2, 0) is 6.42 Å². The first-order valence-corrected chi connectivity index (χ1v) is 7.39. The number of halogens is 1. The third kappa shape index (κ3) is 3.53. The first kappa shape index (κ1) is 14.3. The SMILES string of the molecule is O=C(Cc1nccs1)c1cc(F)cc(Oc2cccnc2)c1. The summed E-state index contributed by atoms with van der Waals surface area (Å²) >= 11 is 1.39. The molecule has 0 bridgehead atoms. The molecule has 0 saturated heterocycles. The van der Waals surface area contributed by atoms with Gasteiger partial charge in [-0.15, -0.1) is 11.3 Å². The summed E-state index contributed by atoms with van der Waals surface area (Å²) in [6, 6.07) is 7.36. The number of benzene rings is 1. The highest BCUT2D eigenvalue weighted by molar-refractivity contribution is 7.09. The van der Waals surface area contributed by atoms with Gasteiger partial charge in [-0.1, -0.05) is 0 Å². The number of pyridine rings is 1. The normalized spacial score (nSPS) is 10.4. The monoisotopic (exact) mass is 314 g/mol. The molecule has 0 atom stereocenters. The Morgan fingerprint density at radius 1 is 1.23 bits per heavy atom. The van der Waals surface area contributed by atoms with E-state index in [4.69, 9.17) is 4.74 Å². The number of hydrogen-bond donors (Lipinski definition) is 0. The van der Waals surface area contributed by atoms with Gasteiger partial charge in [-0.05, 0) is 24.3 Å². The summed E-state index contributed by atoms with van der Waals surface area (Å²) in [4.78, 5) is 20.2. The van der Waals surface area contributed by atoms with Crippen molar-refractivity contribution < 1.29 is 13.9 Å². The molecule has 22 heavy (non-hydrogen) atoms. The topological polar surface area (TPSA) is 52.1 Å². The van der Waals surface area contributed by atoms with Gasteiger partial charge >= 0.3 is 0 Å².